The molecule has 1 aromatic carbocycles. The van der Waals surface area contributed by atoms with Crippen LogP contribution in [0.15, 0.2) is 24.3 Å². The van der Waals surface area contributed by atoms with Crippen molar-refractivity contribution in [2.45, 2.75) is 44.9 Å². The molecule has 0 atom stereocenters. The molecule has 2 aromatic rings. The number of aromatic carboxylic acids is 1. The Hall–Kier alpha value is -1.88. The molecule has 116 valence electrons. The summed E-state index contributed by atoms with van der Waals surface area (Å²) in [6.07, 6.45) is 6.53. The number of thiazole rings is 1. The molecule has 4 nitrogen and oxygen atoms in total. The summed E-state index contributed by atoms with van der Waals surface area (Å²) in [5.74, 6) is 0.409. The number of hydrogen-bond acceptors (Lipinski definition) is 4. The maximum Gasteiger partial charge on any atom is 0.347 e. The standard InChI is InChI=1S/C17H19NO3S/c1-11-15(16(19)20)22-17(18-11)21-14-9-7-13(8-10-14)12-5-3-2-4-6-12/h7-10,12H,2-6H2,1H3,(H,19,20). The quantitative estimate of drug-likeness (QED) is 0.863. The zero-order valence-corrected chi connectivity index (χ0v) is 13.4. The Morgan fingerprint density at radius 2 is 1.91 bits per heavy atom. The molecule has 0 spiro atoms. The Morgan fingerprint density at radius 1 is 1.23 bits per heavy atom. The summed E-state index contributed by atoms with van der Waals surface area (Å²) in [5, 5.41) is 9.42. The number of benzene rings is 1. The molecule has 1 aliphatic rings. The van der Waals surface area contributed by atoms with Gasteiger partial charge in [-0.05, 0) is 43.4 Å². The highest BCUT2D eigenvalue weighted by Gasteiger charge is 2.17. The molecule has 1 saturated carbocycles. The van der Waals surface area contributed by atoms with Gasteiger partial charge in [0, 0.05) is 0 Å². The van der Waals surface area contributed by atoms with E-state index in [9.17, 15) is 4.79 Å². The number of carboxylic acid groups (broad SMARTS) is 1. The predicted octanol–water partition coefficient (Wildman–Crippen LogP) is 4.99. The molecule has 5 heteroatoms. The SMILES string of the molecule is Cc1nc(Oc2ccc(C3CCCCC3)cc2)sc1C(=O)O. The Balaban J connectivity index is 1.70. The van der Waals surface area contributed by atoms with Crippen LogP contribution in [0.3, 0.4) is 0 Å². The number of rotatable bonds is 4. The molecule has 1 fully saturated rings. The van der Waals surface area contributed by atoms with Crippen LogP contribution in [0.25, 0.3) is 0 Å². The fourth-order valence-electron chi connectivity index (χ4n) is 2.96. The third kappa shape index (κ3) is 3.30. The predicted molar refractivity (Wildman–Crippen MR) is 86.2 cm³/mol. The van der Waals surface area contributed by atoms with Gasteiger partial charge < -0.3 is 9.84 Å². The average Bonchev–Trinajstić information content (AvgIpc) is 2.90. The fraction of sp³-hybridized carbons (Fsp3) is 0.412. The fourth-order valence-corrected chi connectivity index (χ4v) is 3.73. The second-order valence-corrected chi connectivity index (χ2v) is 6.67. The number of ether oxygens (including phenoxy) is 1. The van der Waals surface area contributed by atoms with Gasteiger partial charge in [-0.1, -0.05) is 42.7 Å². The van der Waals surface area contributed by atoms with Crippen molar-refractivity contribution in [3.05, 3.63) is 40.4 Å². The lowest BCUT2D eigenvalue weighted by Gasteiger charge is -2.21. The van der Waals surface area contributed by atoms with Crippen LogP contribution in [-0.4, -0.2) is 16.1 Å². The highest BCUT2D eigenvalue weighted by molar-refractivity contribution is 7.15. The van der Waals surface area contributed by atoms with E-state index in [-0.39, 0.29) is 4.88 Å². The minimum atomic E-state index is -0.961. The smallest absolute Gasteiger partial charge is 0.347 e. The first-order valence-electron chi connectivity index (χ1n) is 7.62. The van der Waals surface area contributed by atoms with E-state index in [1.165, 1.54) is 37.7 Å². The lowest BCUT2D eigenvalue weighted by molar-refractivity contribution is 0.0701. The molecular weight excluding hydrogens is 298 g/mol. The van der Waals surface area contributed by atoms with Crippen molar-refractivity contribution in [2.75, 3.05) is 0 Å². The van der Waals surface area contributed by atoms with E-state index in [1.807, 2.05) is 12.1 Å². The van der Waals surface area contributed by atoms with E-state index in [4.69, 9.17) is 9.84 Å². The third-order valence-corrected chi connectivity index (χ3v) is 5.16. The summed E-state index contributed by atoms with van der Waals surface area (Å²) >= 11 is 1.06. The second kappa shape index (κ2) is 6.48. The van der Waals surface area contributed by atoms with Crippen LogP contribution in [0.4, 0.5) is 0 Å². The number of hydrogen-bond donors (Lipinski definition) is 1. The topological polar surface area (TPSA) is 59.4 Å². The minimum absolute atomic E-state index is 0.230. The van der Waals surface area contributed by atoms with E-state index < -0.39 is 5.97 Å². The first kappa shape index (κ1) is 15.0. The Bertz CT molecular complexity index is 657. The summed E-state index contributed by atoms with van der Waals surface area (Å²) in [4.78, 5) is 15.4. The van der Waals surface area contributed by atoms with Crippen molar-refractivity contribution in [3.8, 4) is 10.9 Å². The van der Waals surface area contributed by atoms with Gasteiger partial charge in [0.25, 0.3) is 5.19 Å². The average molecular weight is 317 g/mol. The maximum absolute atomic E-state index is 11.0. The van der Waals surface area contributed by atoms with Gasteiger partial charge in [-0.25, -0.2) is 9.78 Å². The molecule has 0 radical (unpaired) electrons. The van der Waals surface area contributed by atoms with Crippen molar-refractivity contribution in [1.29, 1.82) is 0 Å². The lowest BCUT2D eigenvalue weighted by atomic mass is 9.84. The Labute approximate surface area is 133 Å². The van der Waals surface area contributed by atoms with E-state index >= 15 is 0 Å². The highest BCUT2D eigenvalue weighted by atomic mass is 32.1. The Morgan fingerprint density at radius 3 is 2.50 bits per heavy atom. The minimum Gasteiger partial charge on any atom is -0.477 e. The first-order chi connectivity index (χ1) is 10.6. The Kier molecular flexibility index (Phi) is 4.43. The summed E-state index contributed by atoms with van der Waals surface area (Å²) in [5.41, 5.74) is 1.86. The van der Waals surface area contributed by atoms with Gasteiger partial charge in [0.05, 0.1) is 5.69 Å². The lowest BCUT2D eigenvalue weighted by Crippen LogP contribution is -2.04. The highest BCUT2D eigenvalue weighted by Crippen LogP contribution is 2.34. The molecule has 3 rings (SSSR count). The van der Waals surface area contributed by atoms with Gasteiger partial charge in [0.15, 0.2) is 0 Å². The summed E-state index contributed by atoms with van der Waals surface area (Å²) in [7, 11) is 0. The van der Waals surface area contributed by atoms with Crippen LogP contribution in [0.5, 0.6) is 10.9 Å². The van der Waals surface area contributed by atoms with Gasteiger partial charge in [-0.2, -0.15) is 0 Å². The van der Waals surface area contributed by atoms with Crippen LogP contribution < -0.4 is 4.74 Å². The van der Waals surface area contributed by atoms with Crippen LogP contribution in [0, 0.1) is 6.92 Å². The van der Waals surface area contributed by atoms with Crippen LogP contribution in [0.1, 0.15) is 59.0 Å². The molecule has 1 aliphatic carbocycles. The number of aryl methyl sites for hydroxylation is 1. The molecule has 1 aromatic heterocycles. The zero-order chi connectivity index (χ0) is 15.5. The normalized spacial score (nSPS) is 15.7. The number of aromatic nitrogens is 1. The second-order valence-electron chi connectivity index (χ2n) is 5.71. The number of nitrogens with zero attached hydrogens (tertiary/aromatic N) is 1. The monoisotopic (exact) mass is 317 g/mol. The van der Waals surface area contributed by atoms with E-state index in [1.54, 1.807) is 6.92 Å². The van der Waals surface area contributed by atoms with E-state index in [0.717, 1.165) is 11.3 Å². The van der Waals surface area contributed by atoms with Crippen LogP contribution >= 0.6 is 11.3 Å². The molecule has 22 heavy (non-hydrogen) atoms. The van der Waals surface area contributed by atoms with Crippen LogP contribution in [-0.2, 0) is 0 Å². The van der Waals surface area contributed by atoms with E-state index in [2.05, 4.69) is 17.1 Å². The van der Waals surface area contributed by atoms with Crippen molar-refractivity contribution >= 4 is 17.3 Å². The van der Waals surface area contributed by atoms with Crippen molar-refractivity contribution < 1.29 is 14.6 Å². The zero-order valence-electron chi connectivity index (χ0n) is 12.5. The number of carbonyl (C=O) groups is 1. The maximum atomic E-state index is 11.0. The largest absolute Gasteiger partial charge is 0.477 e. The summed E-state index contributed by atoms with van der Waals surface area (Å²) in [6.45, 7) is 1.68. The summed E-state index contributed by atoms with van der Waals surface area (Å²) < 4.78 is 5.68. The van der Waals surface area contributed by atoms with Crippen LogP contribution in [0.2, 0.25) is 0 Å². The molecule has 1 heterocycles. The third-order valence-electron chi connectivity index (χ3n) is 4.13. The van der Waals surface area contributed by atoms with Gasteiger partial charge >= 0.3 is 5.97 Å². The van der Waals surface area contributed by atoms with Crippen molar-refractivity contribution in [3.63, 3.8) is 0 Å². The van der Waals surface area contributed by atoms with Gasteiger partial charge in [-0.3, -0.25) is 0 Å². The van der Waals surface area contributed by atoms with E-state index in [0.29, 0.717) is 22.6 Å². The molecule has 0 bridgehead atoms. The molecule has 0 aliphatic heterocycles. The molecule has 1 N–H and O–H groups in total. The first-order valence-corrected chi connectivity index (χ1v) is 8.43. The molecule has 0 saturated heterocycles. The van der Waals surface area contributed by atoms with Gasteiger partial charge in [-0.15, -0.1) is 0 Å². The molecule has 0 amide bonds. The van der Waals surface area contributed by atoms with Crippen molar-refractivity contribution in [2.24, 2.45) is 0 Å². The number of carboxylic acids is 1. The van der Waals surface area contributed by atoms with Crippen molar-refractivity contribution in [1.82, 2.24) is 4.98 Å². The summed E-state index contributed by atoms with van der Waals surface area (Å²) in [6, 6.07) is 8.12. The molecule has 0 unspecified atom stereocenters. The van der Waals surface area contributed by atoms with Gasteiger partial charge in [0.1, 0.15) is 10.6 Å². The van der Waals surface area contributed by atoms with Gasteiger partial charge in [0.2, 0.25) is 0 Å². The molecular formula is C17H19NO3S.